The van der Waals surface area contributed by atoms with Gasteiger partial charge in [0.15, 0.2) is 0 Å². The van der Waals surface area contributed by atoms with Gasteiger partial charge in [-0.15, -0.1) is 0 Å². The topological polar surface area (TPSA) is 114 Å². The van der Waals surface area contributed by atoms with Gasteiger partial charge in [-0.25, -0.2) is 4.79 Å². The number of nitrogens with one attached hydrogen (secondary N) is 2. The van der Waals surface area contributed by atoms with Crippen LogP contribution in [0.3, 0.4) is 0 Å². The predicted molar refractivity (Wildman–Crippen MR) is 136 cm³/mol. The molecule has 4 N–H and O–H groups in total. The Kier molecular flexibility index (Phi) is 5.80. The standard InChI is InChI=1S/C27H21N3O4S/c1-33-27(32)19-5-3-2-4-18(19)20-11-24-21(23-14-35-13-16(23)12-34-24)10-22(20)26(31)30-17-8-6-15(7-9-17)25(28)29/h2-11,13-14H,12H2,1H3,(H3,28,29)(H,30,31). The number of fused-ring (bicyclic) bond motifs is 3. The van der Waals surface area contributed by atoms with Gasteiger partial charge in [0.1, 0.15) is 18.2 Å². The molecule has 35 heavy (non-hydrogen) atoms. The number of carbonyl (C=O) groups excluding carboxylic acids is 2. The first-order valence-corrected chi connectivity index (χ1v) is 11.7. The molecule has 0 radical (unpaired) electrons. The monoisotopic (exact) mass is 483 g/mol. The number of rotatable bonds is 5. The summed E-state index contributed by atoms with van der Waals surface area (Å²) >= 11 is 1.58. The van der Waals surface area contributed by atoms with Crippen LogP contribution in [0.25, 0.3) is 22.3 Å². The van der Waals surface area contributed by atoms with Crippen LogP contribution in [-0.2, 0) is 11.3 Å². The van der Waals surface area contributed by atoms with Crippen molar-refractivity contribution in [1.29, 1.82) is 5.41 Å². The second-order valence-corrected chi connectivity index (χ2v) is 8.72. The predicted octanol–water partition coefficient (Wildman–Crippen LogP) is 5.30. The zero-order chi connectivity index (χ0) is 24.5. The van der Waals surface area contributed by atoms with E-state index in [0.29, 0.717) is 45.9 Å². The van der Waals surface area contributed by atoms with Gasteiger partial charge in [0.2, 0.25) is 0 Å². The van der Waals surface area contributed by atoms with E-state index < -0.39 is 5.97 Å². The number of thiophene rings is 1. The Bertz CT molecular complexity index is 1470. The highest BCUT2D eigenvalue weighted by molar-refractivity contribution is 7.08. The highest BCUT2D eigenvalue weighted by Crippen LogP contribution is 2.43. The lowest BCUT2D eigenvalue weighted by molar-refractivity contribution is 0.0601. The number of amides is 1. The molecule has 1 amide bonds. The molecule has 7 nitrogen and oxygen atoms in total. The highest BCUT2D eigenvalue weighted by atomic mass is 32.1. The second kappa shape index (κ2) is 9.08. The summed E-state index contributed by atoms with van der Waals surface area (Å²) in [6.07, 6.45) is 0. The van der Waals surface area contributed by atoms with Crippen LogP contribution in [0, 0.1) is 5.41 Å². The van der Waals surface area contributed by atoms with Crippen LogP contribution >= 0.6 is 11.3 Å². The molecule has 0 atom stereocenters. The van der Waals surface area contributed by atoms with Crippen LogP contribution in [0.15, 0.2) is 71.4 Å². The number of methoxy groups -OCH3 is 1. The first-order valence-electron chi connectivity index (χ1n) is 10.8. The van der Waals surface area contributed by atoms with Crippen molar-refractivity contribution in [3.63, 3.8) is 0 Å². The lowest BCUT2D eigenvalue weighted by Crippen LogP contribution is -2.16. The zero-order valence-electron chi connectivity index (χ0n) is 18.8. The molecule has 0 fully saturated rings. The van der Waals surface area contributed by atoms with Gasteiger partial charge < -0.3 is 20.5 Å². The van der Waals surface area contributed by atoms with Gasteiger partial charge in [0, 0.05) is 33.5 Å². The Labute approximate surface area is 205 Å². The van der Waals surface area contributed by atoms with Crippen LogP contribution in [0.2, 0.25) is 0 Å². The average Bonchev–Trinajstić information content (AvgIpc) is 3.37. The van der Waals surface area contributed by atoms with Crippen LogP contribution in [0.1, 0.15) is 31.8 Å². The summed E-state index contributed by atoms with van der Waals surface area (Å²) in [6, 6.07) is 17.3. The number of ether oxygens (including phenoxy) is 2. The molecule has 174 valence electrons. The lowest BCUT2D eigenvalue weighted by Gasteiger charge is -2.22. The van der Waals surface area contributed by atoms with E-state index in [1.54, 1.807) is 59.9 Å². The van der Waals surface area contributed by atoms with Crippen LogP contribution in [0.5, 0.6) is 5.75 Å². The van der Waals surface area contributed by atoms with Gasteiger partial charge in [-0.2, -0.15) is 11.3 Å². The third-order valence-corrected chi connectivity index (χ3v) is 6.65. The van der Waals surface area contributed by atoms with Gasteiger partial charge in [0.25, 0.3) is 5.91 Å². The van der Waals surface area contributed by atoms with Crippen molar-refractivity contribution in [2.24, 2.45) is 5.73 Å². The molecule has 0 aliphatic carbocycles. The maximum absolute atomic E-state index is 13.6. The summed E-state index contributed by atoms with van der Waals surface area (Å²) in [5.41, 5.74) is 11.4. The van der Waals surface area contributed by atoms with E-state index in [-0.39, 0.29) is 11.7 Å². The molecule has 5 rings (SSSR count). The number of hydrogen-bond donors (Lipinski definition) is 3. The maximum Gasteiger partial charge on any atom is 0.338 e. The Balaban J connectivity index is 1.64. The average molecular weight is 484 g/mol. The molecule has 1 aromatic heterocycles. The molecular formula is C27H21N3O4S. The van der Waals surface area contributed by atoms with E-state index in [9.17, 15) is 9.59 Å². The summed E-state index contributed by atoms with van der Waals surface area (Å²) in [4.78, 5) is 26.1. The number of amidine groups is 1. The van der Waals surface area contributed by atoms with Crippen LogP contribution in [0.4, 0.5) is 5.69 Å². The van der Waals surface area contributed by atoms with E-state index in [1.807, 2.05) is 22.9 Å². The van der Waals surface area contributed by atoms with Crippen LogP contribution < -0.4 is 15.8 Å². The summed E-state index contributed by atoms with van der Waals surface area (Å²) in [7, 11) is 1.32. The number of anilines is 1. The van der Waals surface area contributed by atoms with E-state index in [0.717, 1.165) is 16.7 Å². The van der Waals surface area contributed by atoms with Crippen molar-refractivity contribution in [2.75, 3.05) is 12.4 Å². The first-order chi connectivity index (χ1) is 17.0. The Morgan fingerprint density at radius 3 is 2.49 bits per heavy atom. The van der Waals surface area contributed by atoms with E-state index >= 15 is 0 Å². The fraction of sp³-hybridized carbons (Fsp3) is 0.0741. The molecule has 0 saturated heterocycles. The Morgan fingerprint density at radius 1 is 0.971 bits per heavy atom. The van der Waals surface area contributed by atoms with Crippen LogP contribution in [-0.4, -0.2) is 24.8 Å². The smallest absolute Gasteiger partial charge is 0.338 e. The third-order valence-electron chi connectivity index (χ3n) is 5.86. The minimum atomic E-state index is -0.495. The van der Waals surface area contributed by atoms with Gasteiger partial charge in [0.05, 0.1) is 12.7 Å². The van der Waals surface area contributed by atoms with E-state index in [1.165, 1.54) is 7.11 Å². The largest absolute Gasteiger partial charge is 0.488 e. The molecule has 4 aromatic rings. The quantitative estimate of drug-likeness (QED) is 0.203. The number of hydrogen-bond acceptors (Lipinski definition) is 6. The maximum atomic E-state index is 13.6. The molecule has 1 aliphatic heterocycles. The highest BCUT2D eigenvalue weighted by Gasteiger charge is 2.25. The molecule has 0 bridgehead atoms. The summed E-state index contributed by atoms with van der Waals surface area (Å²) in [6.45, 7) is 0.442. The number of nitrogens with two attached hydrogens (primary N) is 1. The molecule has 0 saturated carbocycles. The van der Waals surface area contributed by atoms with Crippen molar-refractivity contribution in [3.8, 4) is 28.0 Å². The van der Waals surface area contributed by atoms with E-state index in [4.69, 9.17) is 20.6 Å². The van der Waals surface area contributed by atoms with Crippen molar-refractivity contribution in [2.45, 2.75) is 6.61 Å². The van der Waals surface area contributed by atoms with Crippen molar-refractivity contribution >= 4 is 34.7 Å². The second-order valence-electron chi connectivity index (χ2n) is 7.98. The third kappa shape index (κ3) is 4.15. The minimum Gasteiger partial charge on any atom is -0.488 e. The SMILES string of the molecule is COC(=O)c1ccccc1-c1cc2c(cc1C(=O)Nc1ccc(C(=N)N)cc1)-c1cscc1CO2. The molecule has 3 aromatic carbocycles. The minimum absolute atomic E-state index is 0.0502. The van der Waals surface area contributed by atoms with Crippen molar-refractivity contribution < 1.29 is 19.1 Å². The number of nitrogen functional groups attached to an aromatic ring is 1. The van der Waals surface area contributed by atoms with Gasteiger partial charge in [-0.1, -0.05) is 18.2 Å². The van der Waals surface area contributed by atoms with Crippen molar-refractivity contribution in [3.05, 3.63) is 93.7 Å². The lowest BCUT2D eigenvalue weighted by atomic mass is 9.90. The fourth-order valence-corrected chi connectivity index (χ4v) is 4.93. The molecule has 0 unspecified atom stereocenters. The molecular weight excluding hydrogens is 462 g/mol. The normalized spacial score (nSPS) is 11.6. The molecule has 2 heterocycles. The number of carbonyl (C=O) groups is 2. The zero-order valence-corrected chi connectivity index (χ0v) is 19.6. The fourth-order valence-electron chi connectivity index (χ4n) is 4.08. The van der Waals surface area contributed by atoms with E-state index in [2.05, 4.69) is 5.32 Å². The molecule has 1 aliphatic rings. The number of benzene rings is 3. The summed E-state index contributed by atoms with van der Waals surface area (Å²) < 4.78 is 11.0. The Hall–Kier alpha value is -4.43. The molecule has 8 heteroatoms. The van der Waals surface area contributed by atoms with Gasteiger partial charge >= 0.3 is 5.97 Å². The van der Waals surface area contributed by atoms with Crippen molar-refractivity contribution in [1.82, 2.24) is 0 Å². The Morgan fingerprint density at radius 2 is 1.74 bits per heavy atom. The first kappa shape index (κ1) is 22.4. The summed E-state index contributed by atoms with van der Waals surface area (Å²) in [5, 5.41) is 14.5. The number of esters is 1. The van der Waals surface area contributed by atoms with Gasteiger partial charge in [-0.05, 0) is 64.4 Å². The summed E-state index contributed by atoms with van der Waals surface area (Å²) in [5.74, 6) is -0.246. The van der Waals surface area contributed by atoms with Gasteiger partial charge in [-0.3, -0.25) is 10.2 Å². The molecule has 0 spiro atoms.